The second kappa shape index (κ2) is 9.62. The first kappa shape index (κ1) is 23.5. The van der Waals surface area contributed by atoms with Crippen molar-refractivity contribution in [2.45, 2.75) is 40.5 Å². The summed E-state index contributed by atoms with van der Waals surface area (Å²) in [6.07, 6.45) is 1.78. The molecule has 0 aromatic heterocycles. The Kier molecular flexibility index (Phi) is 8.39. The molecule has 0 aliphatic rings. The first-order chi connectivity index (χ1) is 12.3. The maximum atomic E-state index is 12.5. The summed E-state index contributed by atoms with van der Waals surface area (Å²) in [4.78, 5) is 34.6. The fourth-order valence-electron chi connectivity index (χ4n) is 2.05. The number of aliphatic carboxylic acids is 1. The Labute approximate surface area is 172 Å². The van der Waals surface area contributed by atoms with Gasteiger partial charge in [-0.3, -0.25) is 0 Å². The van der Waals surface area contributed by atoms with Crippen LogP contribution in [-0.2, 0) is 14.3 Å². The van der Waals surface area contributed by atoms with Crippen molar-refractivity contribution in [1.29, 1.82) is 0 Å². The molecule has 6 nitrogen and oxygen atoms in total. The normalized spacial score (nSPS) is 12.4. The van der Waals surface area contributed by atoms with Crippen molar-refractivity contribution in [1.82, 2.24) is 0 Å². The predicted molar refractivity (Wildman–Crippen MR) is 103 cm³/mol. The number of rotatable bonds is 6. The van der Waals surface area contributed by atoms with E-state index in [9.17, 15) is 14.4 Å². The van der Waals surface area contributed by atoms with Crippen LogP contribution in [0.2, 0.25) is 15.1 Å². The quantitative estimate of drug-likeness (QED) is 0.281. The Bertz CT molecular complexity index is 740. The molecule has 0 spiro atoms. The summed E-state index contributed by atoms with van der Waals surface area (Å²) < 4.78 is 9.93. The number of carboxylic acids is 1. The highest BCUT2D eigenvalue weighted by molar-refractivity contribution is 6.46. The van der Waals surface area contributed by atoms with Crippen LogP contribution < -0.4 is 4.74 Å². The molecule has 0 aliphatic carbocycles. The van der Waals surface area contributed by atoms with E-state index in [1.54, 1.807) is 0 Å². The lowest BCUT2D eigenvalue weighted by atomic mass is 9.87. The molecule has 0 bridgehead atoms. The third kappa shape index (κ3) is 7.20. The number of carboxylic acid groups (broad SMARTS) is 1. The highest BCUT2D eigenvalue weighted by atomic mass is 35.5. The summed E-state index contributed by atoms with van der Waals surface area (Å²) in [5.74, 6) is -4.83. The van der Waals surface area contributed by atoms with Crippen LogP contribution in [0, 0.1) is 11.3 Å². The zero-order chi connectivity index (χ0) is 20.9. The molecule has 0 fully saturated rings. The fraction of sp³-hybridized carbons (Fsp3) is 0.500. The molecule has 1 atom stereocenters. The predicted octanol–water partition coefficient (Wildman–Crippen LogP) is 5.26. The smallest absolute Gasteiger partial charge is 0.422 e. The average Bonchev–Trinajstić information content (AvgIpc) is 2.54. The SMILES string of the molecule is CC(CCC(C)(C)C)COC(=O)c1c(Cl)c(Cl)cc(Cl)c1OC(=O)C(=O)O. The van der Waals surface area contributed by atoms with Crippen molar-refractivity contribution in [3.63, 3.8) is 0 Å². The van der Waals surface area contributed by atoms with Crippen molar-refractivity contribution < 1.29 is 29.0 Å². The molecule has 0 amide bonds. The summed E-state index contributed by atoms with van der Waals surface area (Å²) in [7, 11) is 0. The molecule has 0 saturated carbocycles. The minimum absolute atomic E-state index is 0.0653. The van der Waals surface area contributed by atoms with Gasteiger partial charge in [-0.1, -0.05) is 62.5 Å². The van der Waals surface area contributed by atoms with Gasteiger partial charge in [0.15, 0.2) is 5.75 Å². The first-order valence-electron chi connectivity index (χ1n) is 8.13. The van der Waals surface area contributed by atoms with Gasteiger partial charge in [0.25, 0.3) is 0 Å². The minimum atomic E-state index is -1.85. The summed E-state index contributed by atoms with van der Waals surface area (Å²) >= 11 is 17.9. The Morgan fingerprint density at radius 1 is 1.15 bits per heavy atom. The van der Waals surface area contributed by atoms with E-state index in [4.69, 9.17) is 44.6 Å². The number of ether oxygens (including phenoxy) is 2. The van der Waals surface area contributed by atoms with Gasteiger partial charge in [0.2, 0.25) is 0 Å². The number of carbonyl (C=O) groups is 3. The second-order valence-electron chi connectivity index (χ2n) is 7.36. The highest BCUT2D eigenvalue weighted by Gasteiger charge is 2.28. The van der Waals surface area contributed by atoms with Gasteiger partial charge in [-0.05, 0) is 30.2 Å². The van der Waals surface area contributed by atoms with E-state index in [1.165, 1.54) is 0 Å². The van der Waals surface area contributed by atoms with Crippen LogP contribution in [-0.4, -0.2) is 29.6 Å². The topological polar surface area (TPSA) is 89.9 Å². The molecular formula is C18H21Cl3O6. The van der Waals surface area contributed by atoms with Crippen molar-refractivity contribution in [3.8, 4) is 5.75 Å². The van der Waals surface area contributed by atoms with Crippen LogP contribution in [0.5, 0.6) is 5.75 Å². The van der Waals surface area contributed by atoms with Crippen LogP contribution in [0.15, 0.2) is 6.07 Å². The molecule has 1 rings (SSSR count). The molecule has 150 valence electrons. The van der Waals surface area contributed by atoms with Crippen LogP contribution in [0.3, 0.4) is 0 Å². The third-order valence-corrected chi connectivity index (χ3v) is 4.65. The van der Waals surface area contributed by atoms with Gasteiger partial charge in [0.05, 0.1) is 21.7 Å². The number of hydrogen-bond donors (Lipinski definition) is 1. The molecule has 0 saturated heterocycles. The molecule has 27 heavy (non-hydrogen) atoms. The number of halogens is 3. The van der Waals surface area contributed by atoms with E-state index < -0.39 is 29.2 Å². The Balaban J connectivity index is 3.01. The van der Waals surface area contributed by atoms with Crippen molar-refractivity contribution in [2.75, 3.05) is 6.61 Å². The van der Waals surface area contributed by atoms with E-state index in [0.29, 0.717) is 0 Å². The maximum absolute atomic E-state index is 12.5. The van der Waals surface area contributed by atoms with Gasteiger partial charge < -0.3 is 14.6 Å². The molecule has 0 heterocycles. The zero-order valence-corrected chi connectivity index (χ0v) is 17.7. The standard InChI is InChI=1S/C18H21Cl3O6/c1-9(5-6-18(2,3)4)8-26-16(24)12-13(21)10(19)7-11(20)14(12)27-17(25)15(22)23/h7,9H,5-6,8H2,1-4H3,(H,22,23). The molecule has 9 heteroatoms. The summed E-state index contributed by atoms with van der Waals surface area (Å²) in [6.45, 7) is 8.37. The second-order valence-corrected chi connectivity index (χ2v) is 8.55. The lowest BCUT2D eigenvalue weighted by Crippen LogP contribution is -2.22. The van der Waals surface area contributed by atoms with Crippen molar-refractivity contribution >= 4 is 52.7 Å². The molecule has 1 N–H and O–H groups in total. The van der Waals surface area contributed by atoms with Gasteiger partial charge in [-0.2, -0.15) is 0 Å². The van der Waals surface area contributed by atoms with Gasteiger partial charge in [-0.25, -0.2) is 14.4 Å². The van der Waals surface area contributed by atoms with Crippen LogP contribution in [0.4, 0.5) is 0 Å². The highest BCUT2D eigenvalue weighted by Crippen LogP contribution is 2.40. The molecule has 0 aliphatic heterocycles. The Hall–Kier alpha value is -1.50. The van der Waals surface area contributed by atoms with Crippen LogP contribution in [0.25, 0.3) is 0 Å². The van der Waals surface area contributed by atoms with E-state index in [0.717, 1.165) is 18.9 Å². The maximum Gasteiger partial charge on any atom is 0.422 e. The molecule has 1 unspecified atom stereocenters. The minimum Gasteiger partial charge on any atom is -0.473 e. The summed E-state index contributed by atoms with van der Waals surface area (Å²) in [5, 5.41) is 8.14. The Morgan fingerprint density at radius 3 is 2.26 bits per heavy atom. The van der Waals surface area contributed by atoms with E-state index in [-0.39, 0.29) is 33.0 Å². The average molecular weight is 440 g/mol. The zero-order valence-electron chi connectivity index (χ0n) is 15.4. The van der Waals surface area contributed by atoms with E-state index >= 15 is 0 Å². The van der Waals surface area contributed by atoms with E-state index in [1.807, 2.05) is 6.92 Å². The van der Waals surface area contributed by atoms with Crippen molar-refractivity contribution in [3.05, 3.63) is 26.7 Å². The largest absolute Gasteiger partial charge is 0.473 e. The van der Waals surface area contributed by atoms with E-state index in [2.05, 4.69) is 25.5 Å². The lowest BCUT2D eigenvalue weighted by Gasteiger charge is -2.21. The number of carbonyl (C=O) groups excluding carboxylic acids is 2. The first-order valence-corrected chi connectivity index (χ1v) is 9.26. The molecular weight excluding hydrogens is 419 g/mol. The Morgan fingerprint density at radius 2 is 1.74 bits per heavy atom. The summed E-state index contributed by atoms with van der Waals surface area (Å²) in [6, 6.07) is 1.14. The monoisotopic (exact) mass is 438 g/mol. The fourth-order valence-corrected chi connectivity index (χ4v) is 2.77. The van der Waals surface area contributed by atoms with Crippen LogP contribution >= 0.6 is 34.8 Å². The van der Waals surface area contributed by atoms with Crippen LogP contribution in [0.1, 0.15) is 50.9 Å². The van der Waals surface area contributed by atoms with Gasteiger partial charge in [-0.15, -0.1) is 0 Å². The lowest BCUT2D eigenvalue weighted by molar-refractivity contribution is -0.158. The summed E-state index contributed by atoms with van der Waals surface area (Å²) in [5.41, 5.74) is -0.243. The number of esters is 2. The molecule has 1 aromatic carbocycles. The number of benzene rings is 1. The third-order valence-electron chi connectivity index (χ3n) is 3.59. The van der Waals surface area contributed by atoms with Gasteiger partial charge in [0, 0.05) is 0 Å². The van der Waals surface area contributed by atoms with Crippen molar-refractivity contribution in [2.24, 2.45) is 11.3 Å². The molecule has 0 radical (unpaired) electrons. The van der Waals surface area contributed by atoms with Gasteiger partial charge >= 0.3 is 17.9 Å². The van der Waals surface area contributed by atoms with Gasteiger partial charge in [0.1, 0.15) is 5.56 Å². The molecule has 1 aromatic rings. The number of hydrogen-bond acceptors (Lipinski definition) is 5.